The average Bonchev–Trinajstić information content (AvgIpc) is 3.46. The number of aromatic nitrogens is 4. The Morgan fingerprint density at radius 3 is 2.68 bits per heavy atom. The van der Waals surface area contributed by atoms with Gasteiger partial charge in [-0.15, -0.1) is 5.10 Å². The van der Waals surface area contributed by atoms with Crippen molar-refractivity contribution in [2.45, 2.75) is 56.5 Å². The van der Waals surface area contributed by atoms with Crippen molar-refractivity contribution in [3.05, 3.63) is 41.7 Å². The Morgan fingerprint density at radius 1 is 1.21 bits per heavy atom. The van der Waals surface area contributed by atoms with E-state index >= 15 is 0 Å². The van der Waals surface area contributed by atoms with Crippen LogP contribution in [0.2, 0.25) is 0 Å². The fraction of sp³-hybridized carbons (Fsp3) is 0.619. The van der Waals surface area contributed by atoms with E-state index in [0.29, 0.717) is 19.0 Å². The van der Waals surface area contributed by atoms with Gasteiger partial charge in [-0.1, -0.05) is 43.2 Å². The number of rotatable bonds is 6. The van der Waals surface area contributed by atoms with Crippen LogP contribution in [0.25, 0.3) is 0 Å². The average molecular weight is 383 g/mol. The van der Waals surface area contributed by atoms with E-state index in [1.807, 2.05) is 27.8 Å². The van der Waals surface area contributed by atoms with E-state index in [4.69, 9.17) is 0 Å². The first-order chi connectivity index (χ1) is 13.6. The molecule has 1 aromatic heterocycles. The van der Waals surface area contributed by atoms with E-state index in [-0.39, 0.29) is 11.4 Å². The number of carbonyl (C=O) groups is 1. The molecule has 0 spiro atoms. The van der Waals surface area contributed by atoms with E-state index in [2.05, 4.69) is 46.7 Å². The number of likely N-dealkylation sites (tertiary alicyclic amines) is 1. The zero-order chi connectivity index (χ0) is 19.6. The van der Waals surface area contributed by atoms with E-state index in [9.17, 15) is 4.79 Å². The molecule has 1 unspecified atom stereocenters. The third-order valence-corrected chi connectivity index (χ3v) is 6.51. The van der Waals surface area contributed by atoms with Crippen molar-refractivity contribution < 1.29 is 4.79 Å². The van der Waals surface area contributed by atoms with E-state index in [0.717, 1.165) is 38.1 Å². The van der Waals surface area contributed by atoms with Crippen LogP contribution < -0.4 is 0 Å². The minimum atomic E-state index is -0.311. The molecule has 0 bridgehead atoms. The zero-order valence-electron chi connectivity index (χ0n) is 16.9. The lowest BCUT2D eigenvalue weighted by Gasteiger charge is -2.35. The summed E-state index contributed by atoms with van der Waals surface area (Å²) in [6.45, 7) is 1.41. The van der Waals surface area contributed by atoms with Crippen LogP contribution >= 0.6 is 0 Å². The summed E-state index contributed by atoms with van der Waals surface area (Å²) in [5.41, 5.74) is 0.896. The second-order valence-electron chi connectivity index (χ2n) is 8.36. The molecule has 4 rings (SSSR count). The Hall–Kier alpha value is -2.28. The Labute approximate surface area is 166 Å². The Balaban J connectivity index is 1.49. The number of likely N-dealkylation sites (N-methyl/N-ethyl adjacent to an activating group) is 1. The first-order valence-corrected chi connectivity index (χ1v) is 10.4. The summed E-state index contributed by atoms with van der Waals surface area (Å²) in [5.74, 6) is 1.13. The minimum absolute atomic E-state index is 0.215. The SMILES string of the molecule is CN(C)C1(c2nnnn2C2CCCC2)CCN(C(=O)CCc2ccccc2)C1. The van der Waals surface area contributed by atoms with Crippen LogP contribution in [0.5, 0.6) is 0 Å². The van der Waals surface area contributed by atoms with Gasteiger partial charge in [-0.25, -0.2) is 4.68 Å². The van der Waals surface area contributed by atoms with Crippen molar-refractivity contribution in [3.63, 3.8) is 0 Å². The second kappa shape index (κ2) is 7.99. The number of tetrazole rings is 1. The summed E-state index contributed by atoms with van der Waals surface area (Å²) in [4.78, 5) is 17.1. The summed E-state index contributed by atoms with van der Waals surface area (Å²) >= 11 is 0. The summed E-state index contributed by atoms with van der Waals surface area (Å²) in [7, 11) is 4.15. The molecular weight excluding hydrogens is 352 g/mol. The Morgan fingerprint density at radius 2 is 1.96 bits per heavy atom. The Kier molecular flexibility index (Phi) is 5.44. The number of hydrogen-bond donors (Lipinski definition) is 0. The molecule has 7 nitrogen and oxygen atoms in total. The highest BCUT2D eigenvalue weighted by Crippen LogP contribution is 2.38. The normalized spacial score (nSPS) is 23.0. The van der Waals surface area contributed by atoms with Gasteiger partial charge in [0.05, 0.1) is 6.04 Å². The van der Waals surface area contributed by atoms with Crippen LogP contribution in [0, 0.1) is 0 Å². The zero-order valence-corrected chi connectivity index (χ0v) is 16.9. The lowest BCUT2D eigenvalue weighted by atomic mass is 9.95. The van der Waals surface area contributed by atoms with Crippen molar-refractivity contribution in [3.8, 4) is 0 Å². The fourth-order valence-corrected chi connectivity index (χ4v) is 4.70. The van der Waals surface area contributed by atoms with Gasteiger partial charge >= 0.3 is 0 Å². The lowest BCUT2D eigenvalue weighted by Crippen LogP contribution is -2.47. The highest BCUT2D eigenvalue weighted by Gasteiger charge is 2.47. The summed E-state index contributed by atoms with van der Waals surface area (Å²) < 4.78 is 2.05. The largest absolute Gasteiger partial charge is 0.340 e. The number of hydrogen-bond acceptors (Lipinski definition) is 5. The van der Waals surface area contributed by atoms with Crippen molar-refractivity contribution in [1.29, 1.82) is 0 Å². The number of aryl methyl sites for hydroxylation is 1. The van der Waals surface area contributed by atoms with Crippen molar-refractivity contribution in [1.82, 2.24) is 30.0 Å². The van der Waals surface area contributed by atoms with Gasteiger partial charge in [0, 0.05) is 19.5 Å². The third kappa shape index (κ3) is 3.55. The van der Waals surface area contributed by atoms with Gasteiger partial charge in [-0.3, -0.25) is 9.69 Å². The van der Waals surface area contributed by atoms with Crippen molar-refractivity contribution in [2.24, 2.45) is 0 Å². The van der Waals surface area contributed by atoms with Gasteiger partial charge in [-0.05, 0) is 55.8 Å². The summed E-state index contributed by atoms with van der Waals surface area (Å²) in [5, 5.41) is 12.8. The maximum absolute atomic E-state index is 12.9. The molecule has 0 N–H and O–H groups in total. The molecule has 1 saturated carbocycles. The summed E-state index contributed by atoms with van der Waals surface area (Å²) in [6.07, 6.45) is 6.95. The molecule has 2 aromatic rings. The topological polar surface area (TPSA) is 67.2 Å². The molecule has 2 heterocycles. The first-order valence-electron chi connectivity index (χ1n) is 10.4. The van der Waals surface area contributed by atoms with Gasteiger partial charge in [0.2, 0.25) is 5.91 Å². The van der Waals surface area contributed by atoms with Crippen LogP contribution in [-0.2, 0) is 16.8 Å². The van der Waals surface area contributed by atoms with Crippen LogP contribution in [0.4, 0.5) is 0 Å². The van der Waals surface area contributed by atoms with E-state index in [1.54, 1.807) is 0 Å². The standard InChI is InChI=1S/C21H30N6O/c1-25(2)21(20-22-23-24-27(20)18-10-6-7-11-18)14-15-26(16-21)19(28)13-12-17-8-4-3-5-9-17/h3-5,8-9,18H,6-7,10-16H2,1-2H3. The maximum atomic E-state index is 12.9. The highest BCUT2D eigenvalue weighted by atomic mass is 16.2. The Bertz CT molecular complexity index is 798. The molecular formula is C21H30N6O. The highest BCUT2D eigenvalue weighted by molar-refractivity contribution is 5.77. The van der Waals surface area contributed by atoms with Gasteiger partial charge in [0.1, 0.15) is 5.54 Å². The molecule has 150 valence electrons. The fourth-order valence-electron chi connectivity index (χ4n) is 4.70. The number of benzene rings is 1. The van der Waals surface area contributed by atoms with Crippen LogP contribution in [0.3, 0.4) is 0 Å². The van der Waals surface area contributed by atoms with Crippen LogP contribution in [0.1, 0.15) is 56.0 Å². The van der Waals surface area contributed by atoms with E-state index < -0.39 is 0 Å². The van der Waals surface area contributed by atoms with Gasteiger partial charge in [0.25, 0.3) is 0 Å². The minimum Gasteiger partial charge on any atom is -0.340 e. The van der Waals surface area contributed by atoms with Gasteiger partial charge < -0.3 is 4.90 Å². The predicted molar refractivity (Wildman–Crippen MR) is 107 cm³/mol. The molecule has 1 aliphatic carbocycles. The lowest BCUT2D eigenvalue weighted by molar-refractivity contribution is -0.130. The second-order valence-corrected chi connectivity index (χ2v) is 8.36. The number of nitrogens with zero attached hydrogens (tertiary/aromatic N) is 6. The van der Waals surface area contributed by atoms with E-state index in [1.165, 1.54) is 18.4 Å². The summed E-state index contributed by atoms with van der Waals surface area (Å²) in [6, 6.07) is 10.6. The molecule has 2 aliphatic rings. The first kappa shape index (κ1) is 19.1. The smallest absolute Gasteiger partial charge is 0.222 e. The molecule has 1 amide bonds. The maximum Gasteiger partial charge on any atom is 0.222 e. The number of carbonyl (C=O) groups excluding carboxylic acids is 1. The monoisotopic (exact) mass is 382 g/mol. The quantitative estimate of drug-likeness (QED) is 0.767. The molecule has 7 heteroatoms. The van der Waals surface area contributed by atoms with Crippen LogP contribution in [-0.4, -0.2) is 63.1 Å². The predicted octanol–water partition coefficient (Wildman–Crippen LogP) is 2.41. The molecule has 1 aliphatic heterocycles. The third-order valence-electron chi connectivity index (χ3n) is 6.51. The van der Waals surface area contributed by atoms with Crippen LogP contribution in [0.15, 0.2) is 30.3 Å². The molecule has 1 saturated heterocycles. The molecule has 28 heavy (non-hydrogen) atoms. The molecule has 2 fully saturated rings. The molecule has 1 aromatic carbocycles. The number of amides is 1. The van der Waals surface area contributed by atoms with Gasteiger partial charge in [0.15, 0.2) is 5.82 Å². The van der Waals surface area contributed by atoms with Gasteiger partial charge in [-0.2, -0.15) is 0 Å². The van der Waals surface area contributed by atoms with Crippen molar-refractivity contribution >= 4 is 5.91 Å². The molecule has 1 atom stereocenters. The van der Waals surface area contributed by atoms with Crippen molar-refractivity contribution in [2.75, 3.05) is 27.2 Å². The molecule has 0 radical (unpaired) electrons.